The maximum Gasteiger partial charge on any atom is 0.326 e. The zero-order valence-electron chi connectivity index (χ0n) is 18.1. The molecule has 8 atom stereocenters. The number of nitrogens with zero attached hydrogens (tertiary/aromatic N) is 1. The number of hydrogen-bond acceptors (Lipinski definition) is 5. The second kappa shape index (κ2) is 8.43. The van der Waals surface area contributed by atoms with Crippen molar-refractivity contribution in [2.24, 2.45) is 11.8 Å². The first kappa shape index (κ1) is 22.7. The summed E-state index contributed by atoms with van der Waals surface area (Å²) >= 11 is 15.2. The van der Waals surface area contributed by atoms with E-state index in [0.717, 1.165) is 23.2 Å². The van der Waals surface area contributed by atoms with Crippen LogP contribution in [0.1, 0.15) is 35.8 Å². The van der Waals surface area contributed by atoms with Gasteiger partial charge in [0.2, 0.25) is 0 Å². The van der Waals surface area contributed by atoms with Crippen molar-refractivity contribution < 1.29 is 20.3 Å². The Morgan fingerprint density at radius 1 is 1.24 bits per heavy atom. The van der Waals surface area contributed by atoms with Gasteiger partial charge in [0, 0.05) is 40.4 Å². The molecule has 0 saturated heterocycles. The van der Waals surface area contributed by atoms with Crippen LogP contribution in [0.15, 0.2) is 53.4 Å². The molecule has 2 aliphatic carbocycles. The Kier molecular flexibility index (Phi) is 5.63. The normalized spacial score (nSPS) is 33.9. The lowest BCUT2D eigenvalue weighted by Gasteiger charge is -2.49. The molecule has 178 valence electrons. The highest BCUT2D eigenvalue weighted by Crippen LogP contribution is 2.60. The van der Waals surface area contributed by atoms with Crippen LogP contribution in [0, 0.1) is 17.0 Å². The van der Waals surface area contributed by atoms with E-state index in [9.17, 15) is 20.3 Å². The number of alkyl halides is 1. The van der Waals surface area contributed by atoms with Gasteiger partial charge in [0.1, 0.15) is 6.04 Å². The van der Waals surface area contributed by atoms with Crippen LogP contribution in [0.3, 0.4) is 0 Å². The predicted octanol–water partition coefficient (Wildman–Crippen LogP) is 4.56. The van der Waals surface area contributed by atoms with Crippen molar-refractivity contribution in [3.05, 3.63) is 69.9 Å². The molecule has 1 fully saturated rings. The number of aliphatic carboxylic acids is 1. The zero-order valence-corrected chi connectivity index (χ0v) is 20.4. The Hall–Kier alpha value is -1.74. The molecule has 0 spiro atoms. The van der Waals surface area contributed by atoms with Crippen LogP contribution in [0.25, 0.3) is 0 Å². The van der Waals surface area contributed by atoms with Gasteiger partial charge >= 0.3 is 5.97 Å². The topological polar surface area (TPSA) is 88.3 Å². The molecule has 4 aliphatic rings. The number of fused-ring (bicyclic) bond motifs is 4. The van der Waals surface area contributed by atoms with E-state index in [1.54, 1.807) is 18.2 Å². The van der Waals surface area contributed by atoms with E-state index in [1.807, 2.05) is 18.2 Å². The van der Waals surface area contributed by atoms with Gasteiger partial charge in [-0.05, 0) is 54.0 Å². The van der Waals surface area contributed by atoms with Crippen LogP contribution < -0.4 is 10.1 Å². The van der Waals surface area contributed by atoms with Gasteiger partial charge in [0.15, 0.2) is 5.69 Å². The van der Waals surface area contributed by atoms with E-state index in [2.05, 4.69) is 17.1 Å². The summed E-state index contributed by atoms with van der Waals surface area (Å²) in [4.78, 5) is 15.4. The third kappa shape index (κ3) is 3.40. The molecule has 1 saturated carbocycles. The van der Waals surface area contributed by atoms with Crippen molar-refractivity contribution in [3.8, 4) is 0 Å². The number of halogens is 2. The van der Waals surface area contributed by atoms with Crippen LogP contribution in [0.5, 0.6) is 0 Å². The lowest BCUT2D eigenvalue weighted by atomic mass is 9.72. The molecule has 2 aromatic rings. The summed E-state index contributed by atoms with van der Waals surface area (Å²) in [6, 6.07) is 10.2. The Labute approximate surface area is 211 Å². The second-order valence-electron chi connectivity index (χ2n) is 9.65. The van der Waals surface area contributed by atoms with Crippen molar-refractivity contribution in [1.82, 2.24) is 0 Å². The maximum absolute atomic E-state index is 12.7. The van der Waals surface area contributed by atoms with Crippen molar-refractivity contribution >= 4 is 52.3 Å². The number of carboxylic acids is 1. The summed E-state index contributed by atoms with van der Waals surface area (Å²) in [5.74, 6) is -0.580. The number of anilines is 1. The SMILES string of the molecule is O=C(O)[C@@H]1[C@@H]2C[C@H](Sc3ccccc3[NH+]([O-])O)[C@H](Cl)[C@@H]2c2cc(Cl)cc3c2N1C[C@@H]1CC=C[C@@H]31. The molecule has 9 heteroatoms. The van der Waals surface area contributed by atoms with E-state index in [4.69, 9.17) is 23.2 Å². The van der Waals surface area contributed by atoms with Gasteiger partial charge in [0.05, 0.1) is 10.3 Å². The second-order valence-corrected chi connectivity index (χ2v) is 11.9. The number of hydrogen-bond donors (Lipinski definition) is 3. The predicted molar refractivity (Wildman–Crippen MR) is 133 cm³/mol. The number of allylic oxidation sites excluding steroid dienone is 2. The molecular weight excluding hydrogens is 495 g/mol. The fraction of sp³-hybridized carbons (Fsp3) is 0.400. The van der Waals surface area contributed by atoms with Crippen molar-refractivity contribution in [2.75, 3.05) is 11.4 Å². The van der Waals surface area contributed by atoms with Crippen LogP contribution >= 0.6 is 35.0 Å². The van der Waals surface area contributed by atoms with Gasteiger partial charge in [0.25, 0.3) is 0 Å². The first-order valence-electron chi connectivity index (χ1n) is 11.5. The minimum Gasteiger partial charge on any atom is -0.595 e. The molecule has 2 aromatic carbocycles. The number of nitrogens with one attached hydrogen (secondary N) is 1. The molecule has 0 radical (unpaired) electrons. The molecule has 2 aliphatic heterocycles. The van der Waals surface area contributed by atoms with E-state index in [1.165, 1.54) is 11.8 Å². The molecule has 6 nitrogen and oxygen atoms in total. The van der Waals surface area contributed by atoms with Gasteiger partial charge < -0.3 is 15.2 Å². The summed E-state index contributed by atoms with van der Waals surface area (Å²) in [7, 11) is 0. The molecule has 2 heterocycles. The van der Waals surface area contributed by atoms with Crippen LogP contribution in [-0.2, 0) is 4.79 Å². The minimum absolute atomic E-state index is 0.116. The summed E-state index contributed by atoms with van der Waals surface area (Å²) in [6.45, 7) is 0.700. The van der Waals surface area contributed by atoms with Gasteiger partial charge in [-0.15, -0.1) is 23.4 Å². The Balaban J connectivity index is 1.44. The standard InChI is InChI=1S/C25H24Cl2N2O4S/c26-13-8-15-14-5-3-4-12(14)11-28-23(15)16(9-13)21-17(24(28)25(30)31)10-20(22(21)27)34-19-7-2-1-6-18(19)29(32)33/h1-3,5-9,12,14,17,20-22,24,29,32H,4,10-11H2,(H,30,31)/t12-,14+,17+,20-,21+,22-,24-/m0/s1. The molecule has 0 amide bonds. The lowest BCUT2D eigenvalue weighted by Crippen LogP contribution is -2.99. The van der Waals surface area contributed by atoms with Crippen LogP contribution in [0.4, 0.5) is 11.4 Å². The number of quaternary nitrogens is 1. The smallest absolute Gasteiger partial charge is 0.326 e. The lowest BCUT2D eigenvalue weighted by molar-refractivity contribution is -0.992. The molecule has 0 aromatic heterocycles. The van der Waals surface area contributed by atoms with Gasteiger partial charge in [-0.25, -0.2) is 10.0 Å². The summed E-state index contributed by atoms with van der Waals surface area (Å²) in [6.07, 6.45) is 5.95. The average molecular weight is 519 g/mol. The van der Waals surface area contributed by atoms with E-state index >= 15 is 0 Å². The van der Waals surface area contributed by atoms with Crippen molar-refractivity contribution in [2.45, 2.75) is 46.2 Å². The number of para-hydroxylation sites is 1. The zero-order chi connectivity index (χ0) is 23.7. The van der Waals surface area contributed by atoms with Crippen molar-refractivity contribution in [3.63, 3.8) is 0 Å². The third-order valence-electron chi connectivity index (χ3n) is 7.91. The van der Waals surface area contributed by atoms with Gasteiger partial charge in [-0.3, -0.25) is 0 Å². The molecule has 3 N–H and O–H groups in total. The first-order chi connectivity index (χ1) is 16.3. The number of benzene rings is 2. The number of rotatable bonds is 4. The Morgan fingerprint density at radius 2 is 2.00 bits per heavy atom. The largest absolute Gasteiger partial charge is 0.595 e. The number of carboxylic acid groups (broad SMARTS) is 1. The van der Waals surface area contributed by atoms with Crippen LogP contribution in [0.2, 0.25) is 5.02 Å². The average Bonchev–Trinajstić information content (AvgIpc) is 3.38. The molecular formula is C25H24Cl2N2O4S. The van der Waals surface area contributed by atoms with E-state index in [0.29, 0.717) is 28.8 Å². The molecule has 1 unspecified atom stereocenters. The van der Waals surface area contributed by atoms with Gasteiger partial charge in [-0.1, -0.05) is 35.9 Å². The quantitative estimate of drug-likeness (QED) is 0.312. The Bertz CT molecular complexity index is 1190. The highest BCUT2D eigenvalue weighted by molar-refractivity contribution is 8.00. The van der Waals surface area contributed by atoms with E-state index < -0.39 is 17.2 Å². The number of carbonyl (C=O) groups is 1. The minimum atomic E-state index is -0.980. The summed E-state index contributed by atoms with van der Waals surface area (Å²) in [5.41, 5.74) is 3.38. The Morgan fingerprint density at radius 3 is 2.76 bits per heavy atom. The summed E-state index contributed by atoms with van der Waals surface area (Å²) < 4.78 is 0. The molecule has 6 rings (SSSR count). The monoisotopic (exact) mass is 518 g/mol. The van der Waals surface area contributed by atoms with E-state index in [-0.39, 0.29) is 34.1 Å². The highest BCUT2D eigenvalue weighted by atomic mass is 35.5. The number of thioether (sulfide) groups is 1. The van der Waals surface area contributed by atoms with Crippen molar-refractivity contribution in [1.29, 1.82) is 0 Å². The molecule has 34 heavy (non-hydrogen) atoms. The first-order valence-corrected chi connectivity index (χ1v) is 13.2. The maximum atomic E-state index is 12.7. The summed E-state index contributed by atoms with van der Waals surface area (Å²) in [5, 5.41) is 31.0. The molecule has 0 bridgehead atoms. The highest BCUT2D eigenvalue weighted by Gasteiger charge is 2.56. The van der Waals surface area contributed by atoms with Crippen LogP contribution in [-0.4, -0.2) is 39.5 Å². The fourth-order valence-corrected chi connectivity index (χ4v) is 8.84. The van der Waals surface area contributed by atoms with Gasteiger partial charge in [-0.2, -0.15) is 5.23 Å². The third-order valence-corrected chi connectivity index (χ3v) is 10.3. The fourth-order valence-electron chi connectivity index (χ4n) is 6.64.